The fraction of sp³-hybridized carbons (Fsp3) is 0.400. The summed E-state index contributed by atoms with van der Waals surface area (Å²) in [7, 11) is 0. The van der Waals surface area contributed by atoms with E-state index in [9.17, 15) is 9.18 Å². The van der Waals surface area contributed by atoms with E-state index in [4.69, 9.17) is 4.74 Å². The highest BCUT2D eigenvalue weighted by atomic mass is 19.1. The molecule has 1 amide bonds. The molecule has 4 rings (SSSR count). The minimum atomic E-state index is -0.212. The molecule has 8 heteroatoms. The number of piperidine rings is 1. The Labute approximate surface area is 162 Å². The summed E-state index contributed by atoms with van der Waals surface area (Å²) in [5, 5.41) is 11.9. The van der Waals surface area contributed by atoms with Gasteiger partial charge in [0, 0.05) is 19.2 Å². The molecule has 0 N–H and O–H groups in total. The van der Waals surface area contributed by atoms with Crippen LogP contribution in [0.3, 0.4) is 0 Å². The Kier molecular flexibility index (Phi) is 5.45. The van der Waals surface area contributed by atoms with E-state index < -0.39 is 0 Å². The van der Waals surface area contributed by atoms with Crippen molar-refractivity contribution in [3.8, 4) is 5.88 Å². The van der Waals surface area contributed by atoms with Gasteiger partial charge < -0.3 is 9.64 Å². The molecule has 1 aliphatic rings. The fourth-order valence-electron chi connectivity index (χ4n) is 3.56. The van der Waals surface area contributed by atoms with E-state index in [0.29, 0.717) is 17.4 Å². The minimum absolute atomic E-state index is 0.0304. The first-order chi connectivity index (χ1) is 13.7. The van der Waals surface area contributed by atoms with Crippen LogP contribution in [-0.4, -0.2) is 50.3 Å². The third-order valence-corrected chi connectivity index (χ3v) is 5.11. The van der Waals surface area contributed by atoms with E-state index in [-0.39, 0.29) is 18.3 Å². The summed E-state index contributed by atoms with van der Waals surface area (Å²) in [6, 6.07) is 10.1. The van der Waals surface area contributed by atoms with Crippen molar-refractivity contribution < 1.29 is 13.9 Å². The molecule has 0 radical (unpaired) electrons. The molecule has 1 atom stereocenters. The Morgan fingerprint density at radius 3 is 2.93 bits per heavy atom. The molecule has 3 heterocycles. The predicted octanol–water partition coefficient (Wildman–Crippen LogP) is 2.51. The van der Waals surface area contributed by atoms with Crippen LogP contribution in [0.2, 0.25) is 0 Å². The van der Waals surface area contributed by atoms with Crippen LogP contribution < -0.4 is 4.74 Å². The summed E-state index contributed by atoms with van der Waals surface area (Å²) >= 11 is 0. The van der Waals surface area contributed by atoms with Crippen LogP contribution in [0.1, 0.15) is 24.8 Å². The smallest absolute Gasteiger partial charge is 0.260 e. The van der Waals surface area contributed by atoms with Crippen LogP contribution in [0.4, 0.5) is 4.39 Å². The number of carbonyl (C=O) groups is 1. The third-order valence-electron chi connectivity index (χ3n) is 5.11. The first kappa shape index (κ1) is 18.3. The summed E-state index contributed by atoms with van der Waals surface area (Å²) in [4.78, 5) is 14.4. The minimum Gasteiger partial charge on any atom is -0.467 e. The zero-order valence-electron chi connectivity index (χ0n) is 15.5. The lowest BCUT2D eigenvalue weighted by molar-refractivity contribution is -0.135. The topological polar surface area (TPSA) is 72.6 Å². The average molecular weight is 383 g/mol. The summed E-state index contributed by atoms with van der Waals surface area (Å²) in [6.45, 7) is 1.46. The van der Waals surface area contributed by atoms with Crippen LogP contribution in [0.5, 0.6) is 5.88 Å². The largest absolute Gasteiger partial charge is 0.467 e. The number of benzene rings is 1. The van der Waals surface area contributed by atoms with Crippen molar-refractivity contribution in [1.29, 1.82) is 0 Å². The van der Waals surface area contributed by atoms with E-state index in [1.165, 1.54) is 23.0 Å². The van der Waals surface area contributed by atoms with Crippen LogP contribution in [0.15, 0.2) is 42.7 Å². The first-order valence-corrected chi connectivity index (χ1v) is 9.49. The lowest BCUT2D eigenvalue weighted by atomic mass is 9.91. The van der Waals surface area contributed by atoms with Crippen LogP contribution in [-0.2, 0) is 11.2 Å². The zero-order valence-corrected chi connectivity index (χ0v) is 15.5. The van der Waals surface area contributed by atoms with Gasteiger partial charge in [-0.2, -0.15) is 4.52 Å². The first-order valence-electron chi connectivity index (χ1n) is 9.49. The number of hydrogen-bond donors (Lipinski definition) is 0. The molecule has 28 heavy (non-hydrogen) atoms. The van der Waals surface area contributed by atoms with Gasteiger partial charge in [0.2, 0.25) is 5.88 Å². The van der Waals surface area contributed by atoms with Gasteiger partial charge in [-0.3, -0.25) is 4.79 Å². The van der Waals surface area contributed by atoms with E-state index in [1.54, 1.807) is 12.1 Å². The van der Waals surface area contributed by atoms with Gasteiger partial charge in [0.25, 0.3) is 5.91 Å². The highest BCUT2D eigenvalue weighted by Crippen LogP contribution is 2.22. The monoisotopic (exact) mass is 383 g/mol. The van der Waals surface area contributed by atoms with Crippen molar-refractivity contribution in [1.82, 2.24) is 24.7 Å². The Hall–Kier alpha value is -3.03. The van der Waals surface area contributed by atoms with E-state index in [2.05, 4.69) is 15.3 Å². The molecule has 1 saturated heterocycles. The number of aromatic nitrogens is 4. The molecule has 2 aromatic heterocycles. The number of nitrogens with zero attached hydrogens (tertiary/aromatic N) is 5. The predicted molar refractivity (Wildman–Crippen MR) is 100 cm³/mol. The van der Waals surface area contributed by atoms with Crippen molar-refractivity contribution in [2.45, 2.75) is 25.7 Å². The number of amides is 1. The lowest BCUT2D eigenvalue weighted by Crippen LogP contribution is -2.42. The number of halogens is 1. The van der Waals surface area contributed by atoms with Crippen molar-refractivity contribution in [3.05, 3.63) is 54.1 Å². The molecular weight excluding hydrogens is 361 g/mol. The van der Waals surface area contributed by atoms with Gasteiger partial charge in [0.05, 0.1) is 0 Å². The highest BCUT2D eigenvalue weighted by molar-refractivity contribution is 5.77. The second kappa shape index (κ2) is 8.33. The van der Waals surface area contributed by atoms with Crippen LogP contribution >= 0.6 is 0 Å². The molecule has 0 aliphatic carbocycles. The second-order valence-corrected chi connectivity index (χ2v) is 7.11. The zero-order chi connectivity index (χ0) is 19.3. The molecule has 0 spiro atoms. The normalized spacial score (nSPS) is 17.0. The molecule has 1 aromatic carbocycles. The lowest BCUT2D eigenvalue weighted by Gasteiger charge is -2.32. The average Bonchev–Trinajstić information content (AvgIpc) is 3.20. The van der Waals surface area contributed by atoms with Gasteiger partial charge in [-0.15, -0.1) is 15.3 Å². The maximum Gasteiger partial charge on any atom is 0.260 e. The van der Waals surface area contributed by atoms with Gasteiger partial charge >= 0.3 is 0 Å². The molecule has 3 aromatic rings. The van der Waals surface area contributed by atoms with Crippen LogP contribution in [0.25, 0.3) is 5.65 Å². The van der Waals surface area contributed by atoms with Gasteiger partial charge in [-0.1, -0.05) is 12.1 Å². The van der Waals surface area contributed by atoms with Crippen molar-refractivity contribution >= 4 is 11.6 Å². The van der Waals surface area contributed by atoms with Gasteiger partial charge in [0.15, 0.2) is 12.3 Å². The Bertz CT molecular complexity index is 943. The number of rotatable bonds is 6. The molecule has 0 unspecified atom stereocenters. The molecule has 7 nitrogen and oxygen atoms in total. The SMILES string of the molecule is O=C(COc1ccc2nncn2n1)N1CCC[C@@H](CCc2ccc(F)cc2)C1. The number of fused-ring (bicyclic) bond motifs is 1. The van der Waals surface area contributed by atoms with E-state index in [0.717, 1.165) is 44.3 Å². The number of likely N-dealkylation sites (tertiary alicyclic amines) is 1. The van der Waals surface area contributed by atoms with Crippen molar-refractivity contribution in [2.75, 3.05) is 19.7 Å². The maximum atomic E-state index is 13.0. The Morgan fingerprint density at radius 1 is 1.21 bits per heavy atom. The standard InChI is InChI=1S/C20H22FN5O2/c21-17-7-5-15(6-8-17)3-4-16-2-1-11-25(12-16)20(27)13-28-19-10-9-18-23-22-14-26(18)24-19/h5-10,14,16H,1-4,11-13H2/t16-/m0/s1. The van der Waals surface area contributed by atoms with E-state index in [1.807, 2.05) is 17.0 Å². The fourth-order valence-corrected chi connectivity index (χ4v) is 3.56. The van der Waals surface area contributed by atoms with Crippen molar-refractivity contribution in [2.24, 2.45) is 5.92 Å². The van der Waals surface area contributed by atoms with Crippen molar-refractivity contribution in [3.63, 3.8) is 0 Å². The molecule has 0 saturated carbocycles. The summed E-state index contributed by atoms with van der Waals surface area (Å²) in [5.74, 6) is 0.577. The summed E-state index contributed by atoms with van der Waals surface area (Å²) in [6.07, 6.45) is 5.47. The Morgan fingerprint density at radius 2 is 2.07 bits per heavy atom. The number of aryl methyl sites for hydroxylation is 1. The third kappa shape index (κ3) is 4.44. The molecule has 1 aliphatic heterocycles. The molecule has 146 valence electrons. The maximum absolute atomic E-state index is 13.0. The van der Waals surface area contributed by atoms with Gasteiger partial charge in [-0.05, 0) is 55.4 Å². The quantitative estimate of drug-likeness (QED) is 0.654. The number of carbonyl (C=O) groups excluding carboxylic acids is 1. The summed E-state index contributed by atoms with van der Waals surface area (Å²) in [5.41, 5.74) is 1.75. The molecule has 0 bridgehead atoms. The van der Waals surface area contributed by atoms with Gasteiger partial charge in [-0.25, -0.2) is 4.39 Å². The van der Waals surface area contributed by atoms with Crippen LogP contribution in [0, 0.1) is 11.7 Å². The molecule has 1 fully saturated rings. The number of hydrogen-bond acceptors (Lipinski definition) is 5. The van der Waals surface area contributed by atoms with E-state index >= 15 is 0 Å². The summed E-state index contributed by atoms with van der Waals surface area (Å²) < 4.78 is 20.1. The highest BCUT2D eigenvalue weighted by Gasteiger charge is 2.24. The molecular formula is C20H22FN5O2. The Balaban J connectivity index is 1.27. The van der Waals surface area contributed by atoms with Gasteiger partial charge in [0.1, 0.15) is 12.1 Å². The second-order valence-electron chi connectivity index (χ2n) is 7.11. The number of ether oxygens (including phenoxy) is 1.